The number of carbonyl (C=O) groups is 1. The lowest BCUT2D eigenvalue weighted by atomic mass is 9.49. The number of hydrogen-bond acceptors (Lipinski definition) is 4. The van der Waals surface area contributed by atoms with E-state index in [2.05, 4.69) is 11.1 Å². The molecule has 1 aromatic rings. The van der Waals surface area contributed by atoms with Crippen LogP contribution in [0.5, 0.6) is 0 Å². The highest BCUT2D eigenvalue weighted by atomic mass is 35.5. The molecule has 4 atom stereocenters. The average molecular weight is 384 g/mol. The fourth-order valence-corrected chi connectivity index (χ4v) is 6.85. The summed E-state index contributed by atoms with van der Waals surface area (Å²) in [4.78, 5) is 17.0. The number of rotatable bonds is 2. The van der Waals surface area contributed by atoms with E-state index in [0.717, 1.165) is 43.4 Å². The number of nitriles is 1. The lowest BCUT2D eigenvalue weighted by Crippen LogP contribution is -2.56. The van der Waals surface area contributed by atoms with Crippen LogP contribution in [0.4, 0.5) is 0 Å². The van der Waals surface area contributed by atoms with Crippen molar-refractivity contribution in [3.63, 3.8) is 0 Å². The van der Waals surface area contributed by atoms with E-state index < -0.39 is 5.97 Å². The Bertz CT molecular complexity index is 951. The van der Waals surface area contributed by atoms with Gasteiger partial charge in [-0.05, 0) is 75.0 Å². The highest BCUT2D eigenvalue weighted by molar-refractivity contribution is 6.24. The molecular formula is C21H22ClN3O2. The summed E-state index contributed by atoms with van der Waals surface area (Å²) in [6.45, 7) is 1.93. The van der Waals surface area contributed by atoms with Crippen LogP contribution in [0.15, 0.2) is 16.8 Å². The third-order valence-electron chi connectivity index (χ3n) is 7.05. The molecule has 4 fully saturated rings. The van der Waals surface area contributed by atoms with Gasteiger partial charge in [0, 0.05) is 23.0 Å². The van der Waals surface area contributed by atoms with Crippen molar-refractivity contribution in [2.24, 2.45) is 29.3 Å². The van der Waals surface area contributed by atoms with Gasteiger partial charge in [0.1, 0.15) is 11.8 Å². The van der Waals surface area contributed by atoms with Crippen molar-refractivity contribution in [1.82, 2.24) is 4.57 Å². The van der Waals surface area contributed by atoms with Gasteiger partial charge in [0.2, 0.25) is 5.90 Å². The first kappa shape index (κ1) is 17.1. The zero-order chi connectivity index (χ0) is 19.0. The van der Waals surface area contributed by atoms with Crippen molar-refractivity contribution in [3.8, 4) is 6.07 Å². The smallest absolute Gasteiger partial charge is 0.363 e. The second-order valence-corrected chi connectivity index (χ2v) is 9.77. The summed E-state index contributed by atoms with van der Waals surface area (Å²) >= 11 is 6.91. The molecule has 0 aromatic carbocycles. The van der Waals surface area contributed by atoms with E-state index in [4.69, 9.17) is 16.3 Å². The molecule has 1 aromatic heterocycles. The summed E-state index contributed by atoms with van der Waals surface area (Å²) in [6, 6.07) is 3.94. The maximum atomic E-state index is 12.5. The fourth-order valence-electron chi connectivity index (χ4n) is 6.16. The monoisotopic (exact) mass is 383 g/mol. The van der Waals surface area contributed by atoms with Crippen LogP contribution in [0.1, 0.15) is 55.5 Å². The predicted octanol–water partition coefficient (Wildman–Crippen LogP) is 4.08. The van der Waals surface area contributed by atoms with E-state index >= 15 is 0 Å². The zero-order valence-electron chi connectivity index (χ0n) is 15.6. The molecule has 0 N–H and O–H groups in total. The molecule has 5 aliphatic rings. The van der Waals surface area contributed by atoms with Gasteiger partial charge in [-0.3, -0.25) is 0 Å². The van der Waals surface area contributed by atoms with Gasteiger partial charge < -0.3 is 9.30 Å². The fraction of sp³-hybridized carbons (Fsp3) is 0.571. The Morgan fingerprint density at radius 3 is 2.67 bits per heavy atom. The Labute approximate surface area is 163 Å². The maximum Gasteiger partial charge on any atom is 0.363 e. The summed E-state index contributed by atoms with van der Waals surface area (Å²) < 4.78 is 7.50. The Hall–Kier alpha value is -2.06. The van der Waals surface area contributed by atoms with Crippen LogP contribution >= 0.6 is 11.6 Å². The van der Waals surface area contributed by atoms with Gasteiger partial charge in [-0.25, -0.2) is 9.79 Å². The van der Waals surface area contributed by atoms with E-state index in [1.807, 2.05) is 18.5 Å². The second-order valence-electron chi connectivity index (χ2n) is 8.97. The first-order chi connectivity index (χ1) is 12.8. The van der Waals surface area contributed by atoms with E-state index in [1.54, 1.807) is 12.1 Å². The van der Waals surface area contributed by atoms with Gasteiger partial charge in [0.15, 0.2) is 5.70 Å². The van der Waals surface area contributed by atoms with Crippen molar-refractivity contribution in [3.05, 3.63) is 28.7 Å². The summed E-state index contributed by atoms with van der Waals surface area (Å²) in [6.07, 6.45) is 8.06. The van der Waals surface area contributed by atoms with E-state index in [-0.39, 0.29) is 10.3 Å². The molecule has 140 valence electrons. The molecule has 0 radical (unpaired) electrons. The van der Waals surface area contributed by atoms with Gasteiger partial charge in [0.05, 0.1) is 0 Å². The number of esters is 1. The van der Waals surface area contributed by atoms with Gasteiger partial charge in [-0.1, -0.05) is 0 Å². The molecule has 0 spiro atoms. The van der Waals surface area contributed by atoms with Crippen LogP contribution < -0.4 is 0 Å². The number of hydrogen-bond donors (Lipinski definition) is 0. The third kappa shape index (κ3) is 2.50. The minimum atomic E-state index is -0.397. The Balaban J connectivity index is 1.51. The largest absolute Gasteiger partial charge is 0.406 e. The van der Waals surface area contributed by atoms with Crippen LogP contribution in [0.2, 0.25) is 0 Å². The number of cyclic esters (lactones) is 1. The summed E-state index contributed by atoms with van der Waals surface area (Å²) in [5.41, 5.74) is 2.44. The Morgan fingerprint density at radius 1 is 1.37 bits per heavy atom. The second kappa shape index (κ2) is 5.48. The van der Waals surface area contributed by atoms with E-state index in [0.29, 0.717) is 29.1 Å². The topological polar surface area (TPSA) is 67.4 Å². The summed E-state index contributed by atoms with van der Waals surface area (Å²) in [5.74, 6) is 1.42. The Morgan fingerprint density at radius 2 is 2.07 bits per heavy atom. The molecule has 4 aliphatic carbocycles. The lowest BCUT2D eigenvalue weighted by Gasteiger charge is -2.59. The highest BCUT2D eigenvalue weighted by Gasteiger charge is 2.60. The highest BCUT2D eigenvalue weighted by Crippen LogP contribution is 2.64. The van der Waals surface area contributed by atoms with Crippen LogP contribution in [-0.2, 0) is 16.6 Å². The maximum absolute atomic E-state index is 12.5. The molecule has 6 rings (SSSR count). The third-order valence-corrected chi connectivity index (χ3v) is 7.49. The van der Waals surface area contributed by atoms with Gasteiger partial charge in [0.25, 0.3) is 0 Å². The van der Waals surface area contributed by atoms with Crippen molar-refractivity contribution in [2.45, 2.75) is 50.3 Å². The standard InChI is InChI=1S/C21H22ClN3O2/c1-12-15(4-16(10-23)25(12)2)5-17-18(26)27-19(24-17)20-6-13-3-14(7-20)9-21(22,8-13)11-20/h4-5,13-14H,3,6-9,11H2,1-2H3/b17-5+/t13-,14+,20?,21?. The SMILES string of the molecule is Cc1c(/C=C2/N=C(C34C[C@@H]5C[C@@H](CC(Cl)(C5)C3)C4)OC2=O)cc(C#N)n1C. The molecule has 2 unspecified atom stereocenters. The molecule has 2 heterocycles. The molecule has 6 heteroatoms. The van der Waals surface area contributed by atoms with Crippen LogP contribution in [0.25, 0.3) is 6.08 Å². The molecule has 1 aliphatic heterocycles. The molecule has 0 amide bonds. The molecule has 4 saturated carbocycles. The number of ether oxygens (including phenoxy) is 1. The molecule has 27 heavy (non-hydrogen) atoms. The van der Waals surface area contributed by atoms with Gasteiger partial charge in [-0.15, -0.1) is 11.6 Å². The summed E-state index contributed by atoms with van der Waals surface area (Å²) in [5, 5.41) is 9.21. The van der Waals surface area contributed by atoms with Crippen molar-refractivity contribution in [1.29, 1.82) is 5.26 Å². The molecule has 4 bridgehead atoms. The zero-order valence-corrected chi connectivity index (χ0v) is 16.3. The van der Waals surface area contributed by atoms with Crippen LogP contribution in [0.3, 0.4) is 0 Å². The number of carbonyl (C=O) groups excluding carboxylic acids is 1. The molecule has 5 nitrogen and oxygen atoms in total. The van der Waals surface area contributed by atoms with Crippen LogP contribution in [0, 0.1) is 35.5 Å². The lowest BCUT2D eigenvalue weighted by molar-refractivity contribution is -0.131. The number of alkyl halides is 1. The summed E-state index contributed by atoms with van der Waals surface area (Å²) in [7, 11) is 1.84. The van der Waals surface area contributed by atoms with Crippen molar-refractivity contribution >= 4 is 29.5 Å². The number of aromatic nitrogens is 1. The predicted molar refractivity (Wildman–Crippen MR) is 102 cm³/mol. The number of aliphatic imine (C=N–C) groups is 1. The van der Waals surface area contributed by atoms with E-state index in [1.165, 1.54) is 6.42 Å². The van der Waals surface area contributed by atoms with Gasteiger partial charge >= 0.3 is 5.97 Å². The minimum Gasteiger partial charge on any atom is -0.406 e. The average Bonchev–Trinajstić information content (AvgIpc) is 3.08. The van der Waals surface area contributed by atoms with Crippen molar-refractivity contribution in [2.75, 3.05) is 0 Å². The number of nitrogens with zero attached hydrogens (tertiary/aromatic N) is 3. The first-order valence-corrected chi connectivity index (χ1v) is 9.97. The number of halogens is 1. The normalized spacial score (nSPS) is 38.2. The van der Waals surface area contributed by atoms with Gasteiger partial charge in [-0.2, -0.15) is 5.26 Å². The Kier molecular flexibility index (Phi) is 3.46. The van der Waals surface area contributed by atoms with Crippen LogP contribution in [-0.4, -0.2) is 21.3 Å². The van der Waals surface area contributed by atoms with Crippen molar-refractivity contribution < 1.29 is 9.53 Å². The quantitative estimate of drug-likeness (QED) is 0.439. The molecular weight excluding hydrogens is 362 g/mol. The first-order valence-electron chi connectivity index (χ1n) is 9.59. The van der Waals surface area contributed by atoms with E-state index in [9.17, 15) is 10.1 Å². The minimum absolute atomic E-state index is 0.150. The molecule has 0 saturated heterocycles.